The lowest BCUT2D eigenvalue weighted by molar-refractivity contribution is -0.142. The SMILES string of the molecule is CC(N)C(=O)NC(CCC(=O)O)C(=O)NC(CS)C(=O)NC(Cc1ccccc1)C(=O)O. The van der Waals surface area contributed by atoms with Crippen LogP contribution in [0, 0.1) is 0 Å². The second-order valence-corrected chi connectivity index (χ2v) is 7.48. The fourth-order valence-electron chi connectivity index (χ4n) is 2.63. The highest BCUT2D eigenvalue weighted by molar-refractivity contribution is 7.80. The maximum atomic E-state index is 12.6. The van der Waals surface area contributed by atoms with Crippen molar-refractivity contribution in [3.05, 3.63) is 35.9 Å². The number of benzene rings is 1. The minimum absolute atomic E-state index is 0.0286. The van der Waals surface area contributed by atoms with Crippen LogP contribution in [0.25, 0.3) is 0 Å². The molecule has 0 aliphatic carbocycles. The topological polar surface area (TPSA) is 188 Å². The van der Waals surface area contributed by atoms with Crippen molar-refractivity contribution in [1.29, 1.82) is 0 Å². The average Bonchev–Trinajstić information content (AvgIpc) is 2.74. The molecular formula is C20H28N4O7S. The van der Waals surface area contributed by atoms with Crippen molar-refractivity contribution in [3.63, 3.8) is 0 Å². The molecule has 4 atom stereocenters. The summed E-state index contributed by atoms with van der Waals surface area (Å²) < 4.78 is 0. The van der Waals surface area contributed by atoms with E-state index in [1.165, 1.54) is 6.92 Å². The molecule has 7 N–H and O–H groups in total. The molecular weight excluding hydrogens is 440 g/mol. The maximum absolute atomic E-state index is 12.6. The highest BCUT2D eigenvalue weighted by Crippen LogP contribution is 2.05. The van der Waals surface area contributed by atoms with Gasteiger partial charge in [0.15, 0.2) is 0 Å². The number of hydrogen-bond donors (Lipinski definition) is 7. The monoisotopic (exact) mass is 468 g/mol. The van der Waals surface area contributed by atoms with Crippen molar-refractivity contribution in [3.8, 4) is 0 Å². The zero-order valence-electron chi connectivity index (χ0n) is 17.5. The molecule has 0 saturated heterocycles. The fourth-order valence-corrected chi connectivity index (χ4v) is 2.89. The summed E-state index contributed by atoms with van der Waals surface area (Å²) in [7, 11) is 0. The Morgan fingerprint density at radius 2 is 1.44 bits per heavy atom. The van der Waals surface area contributed by atoms with Crippen LogP contribution in [0.5, 0.6) is 0 Å². The highest BCUT2D eigenvalue weighted by atomic mass is 32.1. The first-order valence-corrected chi connectivity index (χ1v) is 10.4. The fraction of sp³-hybridized carbons (Fsp3) is 0.450. The number of nitrogens with one attached hydrogen (secondary N) is 3. The van der Waals surface area contributed by atoms with E-state index in [1.807, 2.05) is 0 Å². The van der Waals surface area contributed by atoms with Crippen molar-refractivity contribution in [2.75, 3.05) is 5.75 Å². The van der Waals surface area contributed by atoms with Crippen molar-refractivity contribution in [2.45, 2.75) is 50.4 Å². The molecule has 4 unspecified atom stereocenters. The van der Waals surface area contributed by atoms with Crippen LogP contribution < -0.4 is 21.7 Å². The molecule has 12 heteroatoms. The number of carbonyl (C=O) groups excluding carboxylic acids is 3. The Morgan fingerprint density at radius 3 is 1.94 bits per heavy atom. The Hall–Kier alpha value is -3.12. The lowest BCUT2D eigenvalue weighted by Crippen LogP contribution is -2.57. The Kier molecular flexibility index (Phi) is 11.2. The first kappa shape index (κ1) is 26.9. The van der Waals surface area contributed by atoms with Crippen LogP contribution in [0.2, 0.25) is 0 Å². The number of aliphatic carboxylic acids is 2. The molecule has 0 radical (unpaired) electrons. The van der Waals surface area contributed by atoms with Crippen LogP contribution >= 0.6 is 12.6 Å². The van der Waals surface area contributed by atoms with Crippen LogP contribution in [0.15, 0.2) is 30.3 Å². The molecule has 3 amide bonds. The third-order valence-electron chi connectivity index (χ3n) is 4.41. The van der Waals surface area contributed by atoms with E-state index >= 15 is 0 Å². The maximum Gasteiger partial charge on any atom is 0.326 e. The van der Waals surface area contributed by atoms with E-state index in [0.29, 0.717) is 5.56 Å². The largest absolute Gasteiger partial charge is 0.481 e. The van der Waals surface area contributed by atoms with Gasteiger partial charge in [0.25, 0.3) is 0 Å². The van der Waals surface area contributed by atoms with E-state index in [1.54, 1.807) is 30.3 Å². The summed E-state index contributed by atoms with van der Waals surface area (Å²) in [6.07, 6.45) is -0.611. The molecule has 0 bridgehead atoms. The summed E-state index contributed by atoms with van der Waals surface area (Å²) in [5.74, 6) is -4.86. The van der Waals surface area contributed by atoms with Gasteiger partial charge in [-0.25, -0.2) is 4.79 Å². The predicted octanol–water partition coefficient (Wildman–Crippen LogP) is -1.09. The summed E-state index contributed by atoms with van der Waals surface area (Å²) >= 11 is 4.03. The third kappa shape index (κ3) is 9.35. The first-order chi connectivity index (χ1) is 15.0. The molecule has 1 aromatic rings. The second-order valence-electron chi connectivity index (χ2n) is 7.12. The lowest BCUT2D eigenvalue weighted by Gasteiger charge is -2.24. The van der Waals surface area contributed by atoms with Gasteiger partial charge in [0.05, 0.1) is 6.04 Å². The zero-order valence-corrected chi connectivity index (χ0v) is 18.4. The Bertz CT molecular complexity index is 819. The second kappa shape index (κ2) is 13.3. The molecule has 176 valence electrons. The third-order valence-corrected chi connectivity index (χ3v) is 4.77. The van der Waals surface area contributed by atoms with E-state index in [4.69, 9.17) is 10.8 Å². The van der Waals surface area contributed by atoms with Gasteiger partial charge in [0.1, 0.15) is 18.1 Å². The zero-order chi connectivity index (χ0) is 24.3. The number of rotatable bonds is 13. The van der Waals surface area contributed by atoms with Gasteiger partial charge in [-0.05, 0) is 18.9 Å². The molecule has 1 aromatic carbocycles. The predicted molar refractivity (Wildman–Crippen MR) is 118 cm³/mol. The molecule has 0 heterocycles. The average molecular weight is 469 g/mol. The van der Waals surface area contributed by atoms with Crippen LogP contribution in [0.4, 0.5) is 0 Å². The summed E-state index contributed by atoms with van der Waals surface area (Å²) in [4.78, 5) is 59.5. The Balaban J connectivity index is 2.85. The van der Waals surface area contributed by atoms with Gasteiger partial charge in [-0.15, -0.1) is 0 Å². The van der Waals surface area contributed by atoms with Gasteiger partial charge >= 0.3 is 11.9 Å². The van der Waals surface area contributed by atoms with E-state index in [2.05, 4.69) is 28.6 Å². The van der Waals surface area contributed by atoms with Crippen LogP contribution in [0.3, 0.4) is 0 Å². The summed E-state index contributed by atoms with van der Waals surface area (Å²) in [6.45, 7) is 1.39. The van der Waals surface area contributed by atoms with Crippen molar-refractivity contribution in [2.24, 2.45) is 5.73 Å². The normalized spacial score (nSPS) is 14.3. The molecule has 0 spiro atoms. The Morgan fingerprint density at radius 1 is 0.906 bits per heavy atom. The van der Waals surface area contributed by atoms with Gasteiger partial charge in [0, 0.05) is 18.6 Å². The van der Waals surface area contributed by atoms with Gasteiger partial charge in [0.2, 0.25) is 17.7 Å². The van der Waals surface area contributed by atoms with Gasteiger partial charge in [-0.2, -0.15) is 12.6 Å². The van der Waals surface area contributed by atoms with Gasteiger partial charge < -0.3 is 31.9 Å². The van der Waals surface area contributed by atoms with Gasteiger partial charge in [-0.1, -0.05) is 30.3 Å². The van der Waals surface area contributed by atoms with Gasteiger partial charge in [-0.3, -0.25) is 19.2 Å². The number of thiol groups is 1. The summed E-state index contributed by atoms with van der Waals surface area (Å²) in [6, 6.07) is 4.03. The number of nitrogens with two attached hydrogens (primary N) is 1. The Labute approximate surface area is 190 Å². The molecule has 0 aromatic heterocycles. The van der Waals surface area contributed by atoms with E-state index in [9.17, 15) is 29.1 Å². The van der Waals surface area contributed by atoms with E-state index in [-0.39, 0.29) is 18.6 Å². The standard InChI is InChI=1S/C20H28N4O7S/c1-11(21)17(27)22-13(7-8-16(25)26)18(28)24-15(10-32)19(29)23-14(20(30)31)9-12-5-3-2-4-6-12/h2-6,11,13-15,32H,7-10,21H2,1H3,(H,22,27)(H,23,29)(H,24,28)(H,25,26)(H,30,31). The summed E-state index contributed by atoms with van der Waals surface area (Å²) in [5, 5.41) is 25.4. The molecule has 0 aliphatic rings. The summed E-state index contributed by atoms with van der Waals surface area (Å²) in [5.41, 5.74) is 6.16. The van der Waals surface area contributed by atoms with E-state index < -0.39 is 60.2 Å². The minimum Gasteiger partial charge on any atom is -0.481 e. The van der Waals surface area contributed by atoms with Crippen LogP contribution in [0.1, 0.15) is 25.3 Å². The molecule has 0 saturated carbocycles. The van der Waals surface area contributed by atoms with Crippen molar-refractivity contribution in [1.82, 2.24) is 16.0 Å². The quantitative estimate of drug-likeness (QED) is 0.178. The number of amides is 3. The number of carboxylic acid groups (broad SMARTS) is 2. The first-order valence-electron chi connectivity index (χ1n) is 9.81. The van der Waals surface area contributed by atoms with E-state index in [0.717, 1.165) is 0 Å². The number of carbonyl (C=O) groups is 5. The highest BCUT2D eigenvalue weighted by Gasteiger charge is 2.29. The minimum atomic E-state index is -1.25. The van der Waals surface area contributed by atoms with Crippen molar-refractivity contribution < 1.29 is 34.2 Å². The van der Waals surface area contributed by atoms with Crippen molar-refractivity contribution >= 4 is 42.3 Å². The van der Waals surface area contributed by atoms with Crippen LogP contribution in [-0.2, 0) is 30.4 Å². The number of carboxylic acids is 2. The molecule has 1 rings (SSSR count). The molecule has 11 nitrogen and oxygen atoms in total. The van der Waals surface area contributed by atoms with Crippen LogP contribution in [-0.4, -0.2) is 69.8 Å². The lowest BCUT2D eigenvalue weighted by atomic mass is 10.1. The smallest absolute Gasteiger partial charge is 0.326 e. The molecule has 0 aliphatic heterocycles. The number of hydrogen-bond acceptors (Lipinski definition) is 7. The molecule has 32 heavy (non-hydrogen) atoms. The molecule has 0 fully saturated rings.